The number of fused-ring (bicyclic) bond motifs is 2. The van der Waals surface area contributed by atoms with Crippen molar-refractivity contribution in [2.45, 2.75) is 18.8 Å². The van der Waals surface area contributed by atoms with Crippen molar-refractivity contribution >= 4 is 11.4 Å². The summed E-state index contributed by atoms with van der Waals surface area (Å²) in [7, 11) is 0. The van der Waals surface area contributed by atoms with E-state index in [4.69, 9.17) is 5.73 Å². The van der Waals surface area contributed by atoms with Crippen molar-refractivity contribution in [1.29, 1.82) is 0 Å². The monoisotopic (exact) mass is 283 g/mol. The van der Waals surface area contributed by atoms with Gasteiger partial charge in [-0.15, -0.1) is 0 Å². The molecule has 1 saturated heterocycles. The van der Waals surface area contributed by atoms with Crippen LogP contribution in [0, 0.1) is 0 Å². The van der Waals surface area contributed by atoms with Crippen LogP contribution in [0.4, 0.5) is 11.4 Å². The predicted molar refractivity (Wildman–Crippen MR) is 82.8 cm³/mol. The molecule has 0 radical (unpaired) electrons. The van der Waals surface area contributed by atoms with Gasteiger partial charge in [0.05, 0.1) is 11.4 Å². The van der Waals surface area contributed by atoms with Crippen LogP contribution < -0.4 is 16.2 Å². The van der Waals surface area contributed by atoms with Crippen LogP contribution in [0.25, 0.3) is 11.1 Å². The number of phenols is 1. The van der Waals surface area contributed by atoms with Crippen LogP contribution in [0.2, 0.25) is 0 Å². The van der Waals surface area contributed by atoms with Gasteiger partial charge in [-0.3, -0.25) is 4.79 Å². The lowest BCUT2D eigenvalue weighted by molar-refractivity contribution is 0.463. The first-order chi connectivity index (χ1) is 10.1. The minimum atomic E-state index is -0.0795. The highest BCUT2D eigenvalue weighted by molar-refractivity contribution is 5.83. The zero-order valence-electron chi connectivity index (χ0n) is 11.6. The zero-order valence-corrected chi connectivity index (χ0v) is 11.6. The van der Waals surface area contributed by atoms with Crippen molar-refractivity contribution in [3.8, 4) is 16.9 Å². The maximum Gasteiger partial charge on any atom is 0.248 e. The lowest BCUT2D eigenvalue weighted by Gasteiger charge is -2.42. The highest BCUT2D eigenvalue weighted by Crippen LogP contribution is 2.45. The second kappa shape index (κ2) is 4.28. The molecule has 5 rings (SSSR count). The summed E-state index contributed by atoms with van der Waals surface area (Å²) >= 11 is 0. The molecule has 4 N–H and O–H groups in total. The molecule has 5 heteroatoms. The van der Waals surface area contributed by atoms with Crippen LogP contribution in [-0.2, 0) is 0 Å². The number of nitrogens with two attached hydrogens (primary N) is 1. The van der Waals surface area contributed by atoms with Gasteiger partial charge in [-0.2, -0.15) is 0 Å². The summed E-state index contributed by atoms with van der Waals surface area (Å²) in [6, 6.07) is 6.75. The van der Waals surface area contributed by atoms with E-state index in [0.717, 1.165) is 48.4 Å². The van der Waals surface area contributed by atoms with Crippen molar-refractivity contribution in [3.63, 3.8) is 0 Å². The quantitative estimate of drug-likeness (QED) is 0.552. The van der Waals surface area contributed by atoms with E-state index in [2.05, 4.69) is 9.88 Å². The number of H-pyrrole nitrogens is 1. The molecule has 2 bridgehead atoms. The van der Waals surface area contributed by atoms with Crippen molar-refractivity contribution in [1.82, 2.24) is 4.98 Å². The second-order valence-corrected chi connectivity index (χ2v) is 5.84. The summed E-state index contributed by atoms with van der Waals surface area (Å²) in [6.45, 7) is 2.06. The molecule has 21 heavy (non-hydrogen) atoms. The van der Waals surface area contributed by atoms with Crippen LogP contribution in [-0.4, -0.2) is 23.2 Å². The molecule has 0 amide bonds. The number of nitrogens with one attached hydrogen (secondary N) is 1. The van der Waals surface area contributed by atoms with Crippen LogP contribution >= 0.6 is 0 Å². The highest BCUT2D eigenvalue weighted by atomic mass is 16.3. The van der Waals surface area contributed by atoms with E-state index < -0.39 is 0 Å². The molecule has 0 aliphatic carbocycles. The maximum atomic E-state index is 12.0. The summed E-state index contributed by atoms with van der Waals surface area (Å²) in [5, 5.41) is 9.59. The summed E-state index contributed by atoms with van der Waals surface area (Å²) in [4.78, 5) is 17.4. The second-order valence-electron chi connectivity index (χ2n) is 5.84. The third kappa shape index (κ3) is 1.81. The fourth-order valence-electron chi connectivity index (χ4n) is 3.54. The molecule has 108 valence electrons. The molecule has 5 nitrogen and oxygen atoms in total. The summed E-state index contributed by atoms with van der Waals surface area (Å²) < 4.78 is 0. The summed E-state index contributed by atoms with van der Waals surface area (Å²) in [5.41, 5.74) is 10.0. The van der Waals surface area contributed by atoms with Gasteiger partial charge in [0.25, 0.3) is 0 Å². The van der Waals surface area contributed by atoms with Gasteiger partial charge in [0, 0.05) is 36.3 Å². The van der Waals surface area contributed by atoms with Gasteiger partial charge in [-0.05, 0) is 30.5 Å². The lowest BCUT2D eigenvalue weighted by atomic mass is 9.84. The SMILES string of the molecule is Nc1cc(-c2cc(=O)[nH]c3c2N2CCC3CC2)ccc1O. The number of anilines is 2. The molecule has 0 atom stereocenters. The largest absolute Gasteiger partial charge is 0.506 e. The topological polar surface area (TPSA) is 82.4 Å². The first kappa shape index (κ1) is 12.3. The number of rotatable bonds is 1. The Bertz CT molecular complexity index is 774. The average Bonchev–Trinajstić information content (AvgIpc) is 2.50. The normalized spacial score (nSPS) is 17.0. The van der Waals surface area contributed by atoms with Crippen molar-refractivity contribution in [3.05, 3.63) is 40.3 Å². The Morgan fingerprint density at radius 1 is 1.24 bits per heavy atom. The fraction of sp³-hybridized carbons (Fsp3) is 0.312. The molecule has 3 aliphatic heterocycles. The van der Waals surface area contributed by atoms with Crippen LogP contribution in [0.1, 0.15) is 24.5 Å². The van der Waals surface area contributed by atoms with Crippen LogP contribution in [0.15, 0.2) is 29.1 Å². The van der Waals surface area contributed by atoms with E-state index in [1.165, 1.54) is 0 Å². The highest BCUT2D eigenvalue weighted by Gasteiger charge is 2.33. The first-order valence-corrected chi connectivity index (χ1v) is 7.24. The Morgan fingerprint density at radius 3 is 2.71 bits per heavy atom. The average molecular weight is 283 g/mol. The molecule has 0 spiro atoms. The third-order valence-electron chi connectivity index (χ3n) is 4.60. The molecule has 0 unspecified atom stereocenters. The number of pyridine rings is 1. The zero-order chi connectivity index (χ0) is 14.6. The van der Waals surface area contributed by atoms with Gasteiger partial charge in [0.1, 0.15) is 5.75 Å². The van der Waals surface area contributed by atoms with E-state index in [-0.39, 0.29) is 11.3 Å². The van der Waals surface area contributed by atoms with Crippen molar-refractivity contribution in [2.75, 3.05) is 23.7 Å². The Labute approximate surface area is 122 Å². The first-order valence-electron chi connectivity index (χ1n) is 7.24. The molecule has 0 saturated carbocycles. The van der Waals surface area contributed by atoms with Crippen molar-refractivity contribution < 1.29 is 5.11 Å². The van der Waals surface area contributed by atoms with Crippen LogP contribution in [0.3, 0.4) is 0 Å². The smallest absolute Gasteiger partial charge is 0.248 e. The predicted octanol–water partition coefficient (Wildman–Crippen LogP) is 2.03. The van der Waals surface area contributed by atoms with E-state index in [9.17, 15) is 9.90 Å². The number of aromatic hydroxyl groups is 1. The number of phenolic OH excluding ortho intramolecular Hbond substituents is 1. The number of aromatic amines is 1. The molecule has 4 heterocycles. The van der Waals surface area contributed by atoms with E-state index in [1.54, 1.807) is 18.2 Å². The fourth-order valence-corrected chi connectivity index (χ4v) is 3.54. The number of hydrogen-bond acceptors (Lipinski definition) is 4. The number of aromatic nitrogens is 1. The van der Waals surface area contributed by atoms with Gasteiger partial charge >= 0.3 is 0 Å². The molecular formula is C16H17N3O2. The van der Waals surface area contributed by atoms with Crippen molar-refractivity contribution in [2.24, 2.45) is 0 Å². The number of benzene rings is 1. The van der Waals surface area contributed by atoms with Crippen LogP contribution in [0.5, 0.6) is 5.75 Å². The molecule has 2 aromatic rings. The molecule has 1 aromatic heterocycles. The molecular weight excluding hydrogens is 266 g/mol. The summed E-state index contributed by atoms with van der Waals surface area (Å²) in [5.74, 6) is 0.520. The number of piperidine rings is 1. The molecule has 1 fully saturated rings. The number of nitrogens with zero attached hydrogens (tertiary/aromatic N) is 1. The Hall–Kier alpha value is -2.43. The molecule has 1 aromatic carbocycles. The van der Waals surface area contributed by atoms with E-state index >= 15 is 0 Å². The van der Waals surface area contributed by atoms with Gasteiger partial charge < -0.3 is 20.7 Å². The van der Waals surface area contributed by atoms with Gasteiger partial charge in [0.15, 0.2) is 0 Å². The Balaban J connectivity index is 1.97. The standard InChI is InChI=1S/C16H17N3O2/c17-12-7-10(1-2-13(12)20)11-8-14(21)18-15-9-3-5-19(6-4-9)16(11)15/h1-2,7-9,20H,3-6,17H2,(H,18,21). The van der Waals surface area contributed by atoms with E-state index in [1.807, 2.05) is 6.07 Å². The van der Waals surface area contributed by atoms with E-state index in [0.29, 0.717) is 11.6 Å². The number of nitrogen functional groups attached to an aromatic ring is 1. The lowest BCUT2D eigenvalue weighted by Crippen LogP contribution is -2.40. The Morgan fingerprint density at radius 2 is 2.00 bits per heavy atom. The minimum Gasteiger partial charge on any atom is -0.506 e. The summed E-state index contributed by atoms with van der Waals surface area (Å²) in [6.07, 6.45) is 2.20. The van der Waals surface area contributed by atoms with Gasteiger partial charge in [0.2, 0.25) is 5.56 Å². The Kier molecular flexibility index (Phi) is 2.51. The number of hydrogen-bond donors (Lipinski definition) is 3. The minimum absolute atomic E-state index is 0.0688. The third-order valence-corrected chi connectivity index (χ3v) is 4.60. The van der Waals surface area contributed by atoms with Gasteiger partial charge in [-0.1, -0.05) is 6.07 Å². The molecule has 3 aliphatic rings. The maximum absolute atomic E-state index is 12.0. The van der Waals surface area contributed by atoms with Gasteiger partial charge in [-0.25, -0.2) is 0 Å².